The Morgan fingerprint density at radius 2 is 1.93 bits per heavy atom. The van der Waals surface area contributed by atoms with Gasteiger partial charge in [0.2, 0.25) is 0 Å². The van der Waals surface area contributed by atoms with Gasteiger partial charge in [0.05, 0.1) is 31.8 Å². The van der Waals surface area contributed by atoms with Crippen LogP contribution < -0.4 is 20.1 Å². The van der Waals surface area contributed by atoms with Gasteiger partial charge in [0, 0.05) is 17.1 Å². The number of aromatic nitrogens is 3. The summed E-state index contributed by atoms with van der Waals surface area (Å²) in [6.07, 6.45) is 0. The highest BCUT2D eigenvalue weighted by atomic mass is 32.1. The van der Waals surface area contributed by atoms with Gasteiger partial charge >= 0.3 is 0 Å². The van der Waals surface area contributed by atoms with E-state index in [4.69, 9.17) is 9.47 Å². The number of amides is 1. The van der Waals surface area contributed by atoms with Crippen molar-refractivity contribution in [3.05, 3.63) is 59.4 Å². The van der Waals surface area contributed by atoms with E-state index in [0.717, 1.165) is 16.7 Å². The van der Waals surface area contributed by atoms with Gasteiger partial charge in [0.25, 0.3) is 5.91 Å². The van der Waals surface area contributed by atoms with Gasteiger partial charge < -0.3 is 25.1 Å². The van der Waals surface area contributed by atoms with E-state index in [9.17, 15) is 4.79 Å². The minimum Gasteiger partial charge on any atom is -0.493 e. The van der Waals surface area contributed by atoms with Crippen molar-refractivity contribution < 1.29 is 14.3 Å². The van der Waals surface area contributed by atoms with Crippen molar-refractivity contribution in [2.75, 3.05) is 19.5 Å². The van der Waals surface area contributed by atoms with Crippen molar-refractivity contribution in [2.24, 2.45) is 0 Å². The summed E-state index contributed by atoms with van der Waals surface area (Å²) in [7, 11) is 3.16. The Labute approximate surface area is 170 Å². The Balaban J connectivity index is 1.39. The maximum atomic E-state index is 12.4. The third kappa shape index (κ3) is 4.14. The molecule has 4 aromatic rings. The first-order valence-electron chi connectivity index (χ1n) is 8.82. The van der Waals surface area contributed by atoms with Crippen molar-refractivity contribution in [1.29, 1.82) is 0 Å². The third-order valence-corrected chi connectivity index (χ3v) is 4.98. The molecule has 2 aromatic heterocycles. The highest BCUT2D eigenvalue weighted by Gasteiger charge is 2.12. The molecule has 29 heavy (non-hydrogen) atoms. The molecule has 0 atom stereocenters. The summed E-state index contributed by atoms with van der Waals surface area (Å²) in [5, 5.41) is 8.31. The highest BCUT2D eigenvalue weighted by molar-refractivity contribution is 7.14. The van der Waals surface area contributed by atoms with Crippen LogP contribution in [0.3, 0.4) is 0 Å². The second kappa shape index (κ2) is 8.19. The predicted octanol–water partition coefficient (Wildman–Crippen LogP) is 3.71. The van der Waals surface area contributed by atoms with Crippen LogP contribution in [0.1, 0.15) is 16.3 Å². The van der Waals surface area contributed by atoms with Gasteiger partial charge in [-0.25, -0.2) is 9.97 Å². The van der Waals surface area contributed by atoms with E-state index in [1.165, 1.54) is 11.3 Å². The number of anilines is 2. The number of nitrogens with one attached hydrogen (secondary N) is 3. The average Bonchev–Trinajstić information content (AvgIpc) is 3.38. The first-order chi connectivity index (χ1) is 14.2. The van der Waals surface area contributed by atoms with Gasteiger partial charge in [0.15, 0.2) is 16.6 Å². The van der Waals surface area contributed by atoms with Crippen molar-refractivity contribution in [3.63, 3.8) is 0 Å². The van der Waals surface area contributed by atoms with Crippen LogP contribution in [-0.2, 0) is 6.54 Å². The Bertz CT molecular complexity index is 1120. The molecule has 0 saturated heterocycles. The van der Waals surface area contributed by atoms with Gasteiger partial charge in [-0.2, -0.15) is 0 Å². The number of hydrogen-bond donors (Lipinski definition) is 3. The van der Waals surface area contributed by atoms with E-state index in [-0.39, 0.29) is 5.91 Å². The number of thiazole rings is 1. The lowest BCUT2D eigenvalue weighted by Gasteiger charge is -2.09. The molecule has 0 aliphatic rings. The van der Waals surface area contributed by atoms with E-state index < -0.39 is 0 Å². The standard InChI is InChI=1S/C20H19N5O3S/c1-27-16-8-7-12(9-17(16)28-2)22-20-25-15(11-29-20)19(26)21-10-18-23-13-5-3-4-6-14(13)24-18/h3-9,11H,10H2,1-2H3,(H,21,26)(H,22,25)(H,23,24). The van der Waals surface area contributed by atoms with Crippen molar-refractivity contribution in [1.82, 2.24) is 20.3 Å². The Morgan fingerprint density at radius 1 is 1.10 bits per heavy atom. The average molecular weight is 409 g/mol. The second-order valence-electron chi connectivity index (χ2n) is 6.12. The monoisotopic (exact) mass is 409 g/mol. The lowest BCUT2D eigenvalue weighted by molar-refractivity contribution is 0.0946. The molecule has 2 heterocycles. The molecule has 8 nitrogen and oxygen atoms in total. The summed E-state index contributed by atoms with van der Waals surface area (Å²) in [5.74, 6) is 1.68. The number of fused-ring (bicyclic) bond motifs is 1. The molecule has 2 aromatic carbocycles. The van der Waals surface area contributed by atoms with Crippen molar-refractivity contribution in [2.45, 2.75) is 6.54 Å². The number of ether oxygens (including phenoxy) is 2. The van der Waals surface area contributed by atoms with Crippen molar-refractivity contribution >= 4 is 39.1 Å². The molecule has 148 valence electrons. The molecule has 0 aliphatic carbocycles. The first-order valence-corrected chi connectivity index (χ1v) is 9.70. The van der Waals surface area contributed by atoms with Crippen LogP contribution >= 0.6 is 11.3 Å². The number of benzene rings is 2. The van der Waals surface area contributed by atoms with Gasteiger partial charge in [-0.05, 0) is 24.3 Å². The molecule has 4 rings (SSSR count). The number of imidazole rings is 1. The number of rotatable bonds is 7. The molecular formula is C20H19N5O3S. The number of H-pyrrole nitrogens is 1. The van der Waals surface area contributed by atoms with E-state index >= 15 is 0 Å². The van der Waals surface area contributed by atoms with Crippen LogP contribution in [0.15, 0.2) is 47.8 Å². The smallest absolute Gasteiger partial charge is 0.271 e. The molecule has 0 bridgehead atoms. The zero-order chi connectivity index (χ0) is 20.2. The van der Waals surface area contributed by atoms with Gasteiger partial charge in [0.1, 0.15) is 11.5 Å². The number of methoxy groups -OCH3 is 2. The van der Waals surface area contributed by atoms with E-state index in [1.54, 1.807) is 25.7 Å². The Kier molecular flexibility index (Phi) is 5.30. The zero-order valence-corrected chi connectivity index (χ0v) is 16.7. The Morgan fingerprint density at radius 3 is 2.72 bits per heavy atom. The highest BCUT2D eigenvalue weighted by Crippen LogP contribution is 2.31. The number of carbonyl (C=O) groups excluding carboxylic acids is 1. The summed E-state index contributed by atoms with van der Waals surface area (Å²) in [6.45, 7) is 0.295. The molecule has 0 spiro atoms. The number of nitrogens with zero attached hydrogens (tertiary/aromatic N) is 2. The van der Waals surface area contributed by atoms with Crippen LogP contribution in [-0.4, -0.2) is 35.1 Å². The van der Waals surface area contributed by atoms with Crippen molar-refractivity contribution in [3.8, 4) is 11.5 Å². The van der Waals surface area contributed by atoms with Crippen LogP contribution in [0.25, 0.3) is 11.0 Å². The fourth-order valence-electron chi connectivity index (χ4n) is 2.82. The van der Waals surface area contributed by atoms with Crippen LogP contribution in [0.4, 0.5) is 10.8 Å². The largest absolute Gasteiger partial charge is 0.493 e. The maximum absolute atomic E-state index is 12.4. The molecule has 0 saturated carbocycles. The number of para-hydroxylation sites is 2. The fourth-order valence-corrected chi connectivity index (χ4v) is 3.53. The lowest BCUT2D eigenvalue weighted by atomic mass is 10.3. The molecule has 9 heteroatoms. The fraction of sp³-hybridized carbons (Fsp3) is 0.150. The molecule has 0 unspecified atom stereocenters. The SMILES string of the molecule is COc1ccc(Nc2nc(C(=O)NCc3nc4ccccc4[nH]3)cs2)cc1OC. The number of hydrogen-bond acceptors (Lipinski definition) is 7. The maximum Gasteiger partial charge on any atom is 0.271 e. The quantitative estimate of drug-likeness (QED) is 0.430. The molecular weight excluding hydrogens is 390 g/mol. The first kappa shape index (κ1) is 18.8. The number of aromatic amines is 1. The van der Waals surface area contributed by atoms with Gasteiger partial charge in [-0.1, -0.05) is 12.1 Å². The Hall–Kier alpha value is -3.59. The van der Waals surface area contributed by atoms with Crippen LogP contribution in [0, 0.1) is 0 Å². The van der Waals surface area contributed by atoms with E-state index in [0.29, 0.717) is 34.7 Å². The topological polar surface area (TPSA) is 101 Å². The minimum absolute atomic E-state index is 0.262. The minimum atomic E-state index is -0.262. The molecule has 0 radical (unpaired) electrons. The lowest BCUT2D eigenvalue weighted by Crippen LogP contribution is -2.23. The number of carbonyl (C=O) groups is 1. The summed E-state index contributed by atoms with van der Waals surface area (Å²) >= 11 is 1.34. The summed E-state index contributed by atoms with van der Waals surface area (Å²) in [6, 6.07) is 13.2. The second-order valence-corrected chi connectivity index (χ2v) is 6.97. The van der Waals surface area contributed by atoms with Crippen LogP contribution in [0.5, 0.6) is 11.5 Å². The predicted molar refractivity (Wildman–Crippen MR) is 112 cm³/mol. The summed E-state index contributed by atoms with van der Waals surface area (Å²) in [5.41, 5.74) is 2.93. The normalized spacial score (nSPS) is 10.7. The van der Waals surface area contributed by atoms with Crippen LogP contribution in [0.2, 0.25) is 0 Å². The molecule has 0 fully saturated rings. The van der Waals surface area contributed by atoms with Gasteiger partial charge in [-0.15, -0.1) is 11.3 Å². The van der Waals surface area contributed by atoms with Gasteiger partial charge in [-0.3, -0.25) is 4.79 Å². The van der Waals surface area contributed by atoms with E-state index in [1.807, 2.05) is 36.4 Å². The zero-order valence-electron chi connectivity index (χ0n) is 15.9. The molecule has 3 N–H and O–H groups in total. The molecule has 0 aliphatic heterocycles. The summed E-state index contributed by atoms with van der Waals surface area (Å²) in [4.78, 5) is 24.4. The molecule has 1 amide bonds. The van der Waals surface area contributed by atoms with E-state index in [2.05, 4.69) is 25.6 Å². The third-order valence-electron chi connectivity index (χ3n) is 4.23. The summed E-state index contributed by atoms with van der Waals surface area (Å²) < 4.78 is 10.5.